The molecule has 5 rings (SSSR count). The molecule has 1 atom stereocenters. The lowest BCUT2D eigenvalue weighted by Crippen LogP contribution is -2.55. The number of rotatable bonds is 15. The number of ether oxygens (including phenoxy) is 2. The maximum Gasteiger partial charge on any atom is 0.245 e. The lowest BCUT2D eigenvalue weighted by molar-refractivity contribution is -0.138. The minimum Gasteiger partial charge on any atom is -0.489 e. The Morgan fingerprint density at radius 3 is 1.89 bits per heavy atom. The molecule has 1 saturated heterocycles. The van der Waals surface area contributed by atoms with E-state index in [2.05, 4.69) is 22.3 Å². The number of nitrogens with zero attached hydrogens (tertiary/aromatic N) is 2. The molecule has 0 radical (unpaired) electrons. The number of piperazine rings is 1. The van der Waals surface area contributed by atoms with Gasteiger partial charge in [0.15, 0.2) is 0 Å². The number of nitrogens with two attached hydrogens (primary N) is 1. The average Bonchev–Trinajstić information content (AvgIpc) is 3.10. The third-order valence-corrected chi connectivity index (χ3v) is 8.12. The van der Waals surface area contributed by atoms with Gasteiger partial charge in [-0.2, -0.15) is 0 Å². The van der Waals surface area contributed by atoms with Crippen LogP contribution in [0.25, 0.3) is 0 Å². The number of carbonyl (C=O) groups is 3. The Morgan fingerprint density at radius 1 is 0.723 bits per heavy atom. The molecule has 47 heavy (non-hydrogen) atoms. The minimum atomic E-state index is -0.863. The van der Waals surface area contributed by atoms with Gasteiger partial charge >= 0.3 is 0 Å². The first-order valence-corrected chi connectivity index (χ1v) is 16.0. The Labute approximate surface area is 276 Å². The first kappa shape index (κ1) is 33.2. The number of nitrogens with one attached hydrogen (secondary N) is 1. The predicted molar refractivity (Wildman–Crippen MR) is 180 cm³/mol. The van der Waals surface area contributed by atoms with Crippen LogP contribution in [0.3, 0.4) is 0 Å². The molecule has 0 aromatic heterocycles. The molecule has 3 N–H and O–H groups in total. The van der Waals surface area contributed by atoms with Crippen molar-refractivity contribution in [3.8, 4) is 11.5 Å². The first-order chi connectivity index (χ1) is 22.9. The van der Waals surface area contributed by atoms with Crippen molar-refractivity contribution in [1.29, 1.82) is 0 Å². The molecule has 0 spiro atoms. The molecule has 1 aliphatic heterocycles. The quantitative estimate of drug-likeness (QED) is 0.199. The minimum absolute atomic E-state index is 0.0104. The van der Waals surface area contributed by atoms with Gasteiger partial charge in [-0.05, 0) is 29.2 Å². The number of hydrogen-bond donors (Lipinski definition) is 2. The van der Waals surface area contributed by atoms with Gasteiger partial charge in [-0.25, -0.2) is 0 Å². The Hall–Kier alpha value is -5.15. The number of carbonyl (C=O) groups excluding carboxylic acids is 3. The highest BCUT2D eigenvalue weighted by Crippen LogP contribution is 2.27. The van der Waals surface area contributed by atoms with Gasteiger partial charge in [-0.3, -0.25) is 19.3 Å². The fourth-order valence-electron chi connectivity index (χ4n) is 5.53. The molecule has 1 fully saturated rings. The maximum absolute atomic E-state index is 13.6. The Bertz CT molecular complexity index is 1590. The molecule has 0 bridgehead atoms. The van der Waals surface area contributed by atoms with E-state index in [-0.39, 0.29) is 31.1 Å². The van der Waals surface area contributed by atoms with E-state index in [4.69, 9.17) is 15.2 Å². The monoisotopic (exact) mass is 634 g/mol. The summed E-state index contributed by atoms with van der Waals surface area (Å²) in [7, 11) is 0. The van der Waals surface area contributed by atoms with Crippen LogP contribution in [0.15, 0.2) is 109 Å². The lowest BCUT2D eigenvalue weighted by Gasteiger charge is -2.36. The summed E-state index contributed by atoms with van der Waals surface area (Å²) in [6.07, 6.45) is 0.103. The maximum atomic E-state index is 13.6. The third kappa shape index (κ3) is 10.4. The van der Waals surface area contributed by atoms with Crippen LogP contribution in [0.4, 0.5) is 0 Å². The van der Waals surface area contributed by atoms with Gasteiger partial charge in [0.25, 0.3) is 0 Å². The zero-order valence-corrected chi connectivity index (χ0v) is 26.6. The van der Waals surface area contributed by atoms with Gasteiger partial charge in [0.2, 0.25) is 17.7 Å². The van der Waals surface area contributed by atoms with Crippen molar-refractivity contribution in [2.45, 2.75) is 45.1 Å². The standard InChI is InChI=1S/C38H42N4O5/c39-36(43)19-18-34(38(45)42-22-20-41(21-23-42)26-29-10-4-1-5-11-29)40-37(44)24-32-16-17-33(46-27-30-12-6-2-7-13-30)25-35(32)47-28-31-14-8-3-9-15-31/h1-17,25,34H,18-24,26-28H2,(H2,39,43)(H,40,44)/t34-/m0/s1. The molecule has 0 unspecified atom stereocenters. The largest absolute Gasteiger partial charge is 0.489 e. The summed E-state index contributed by atoms with van der Waals surface area (Å²) >= 11 is 0. The van der Waals surface area contributed by atoms with E-state index in [0.29, 0.717) is 43.4 Å². The highest BCUT2D eigenvalue weighted by molar-refractivity contribution is 5.89. The molecule has 9 heteroatoms. The fourth-order valence-corrected chi connectivity index (χ4v) is 5.53. The fraction of sp³-hybridized carbons (Fsp3) is 0.289. The van der Waals surface area contributed by atoms with Crippen molar-refractivity contribution >= 4 is 17.7 Å². The summed E-state index contributed by atoms with van der Waals surface area (Å²) in [6, 6.07) is 34.4. The highest BCUT2D eigenvalue weighted by Gasteiger charge is 2.29. The molecular formula is C38H42N4O5. The summed E-state index contributed by atoms with van der Waals surface area (Å²) in [4.78, 5) is 42.8. The van der Waals surface area contributed by atoms with Crippen molar-refractivity contribution in [3.05, 3.63) is 131 Å². The van der Waals surface area contributed by atoms with E-state index in [1.54, 1.807) is 11.0 Å². The van der Waals surface area contributed by atoms with Crippen LogP contribution in [0.2, 0.25) is 0 Å². The molecular weight excluding hydrogens is 592 g/mol. The van der Waals surface area contributed by atoms with E-state index in [1.165, 1.54) is 5.56 Å². The van der Waals surface area contributed by atoms with Gasteiger partial charge in [-0.1, -0.05) is 97.1 Å². The SMILES string of the molecule is NC(=O)CC[C@H](NC(=O)Cc1ccc(OCc2ccccc2)cc1OCc1ccccc1)C(=O)N1CCN(Cc2ccccc2)CC1. The van der Waals surface area contributed by atoms with Crippen molar-refractivity contribution < 1.29 is 23.9 Å². The van der Waals surface area contributed by atoms with Gasteiger partial charge in [0, 0.05) is 50.8 Å². The second-order valence-corrected chi connectivity index (χ2v) is 11.7. The van der Waals surface area contributed by atoms with Gasteiger partial charge < -0.3 is 25.4 Å². The van der Waals surface area contributed by atoms with Gasteiger partial charge in [-0.15, -0.1) is 0 Å². The number of amides is 3. The van der Waals surface area contributed by atoms with E-state index >= 15 is 0 Å². The van der Waals surface area contributed by atoms with E-state index < -0.39 is 11.9 Å². The number of primary amides is 1. The topological polar surface area (TPSA) is 114 Å². The number of benzene rings is 4. The number of hydrogen-bond acceptors (Lipinski definition) is 6. The van der Waals surface area contributed by atoms with Crippen molar-refractivity contribution in [1.82, 2.24) is 15.1 Å². The molecule has 3 amide bonds. The van der Waals surface area contributed by atoms with Crippen molar-refractivity contribution in [2.75, 3.05) is 26.2 Å². The second kappa shape index (κ2) is 17.0. The summed E-state index contributed by atoms with van der Waals surface area (Å²) in [6.45, 7) is 4.04. The van der Waals surface area contributed by atoms with Crippen LogP contribution < -0.4 is 20.5 Å². The van der Waals surface area contributed by atoms with E-state index in [1.807, 2.05) is 91.0 Å². The summed E-state index contributed by atoms with van der Waals surface area (Å²) < 4.78 is 12.2. The third-order valence-electron chi connectivity index (χ3n) is 8.12. The van der Waals surface area contributed by atoms with Gasteiger partial charge in [0.1, 0.15) is 30.8 Å². The van der Waals surface area contributed by atoms with Crippen molar-refractivity contribution in [3.63, 3.8) is 0 Å². The summed E-state index contributed by atoms with van der Waals surface area (Å²) in [5.41, 5.74) is 9.33. The Kier molecular flexibility index (Phi) is 12.0. The molecule has 9 nitrogen and oxygen atoms in total. The van der Waals surface area contributed by atoms with Gasteiger partial charge in [0.05, 0.1) is 6.42 Å². The second-order valence-electron chi connectivity index (χ2n) is 11.7. The molecule has 0 saturated carbocycles. The zero-order chi connectivity index (χ0) is 32.8. The van der Waals surface area contributed by atoms with E-state index in [9.17, 15) is 14.4 Å². The predicted octanol–water partition coefficient (Wildman–Crippen LogP) is 4.48. The lowest BCUT2D eigenvalue weighted by atomic mass is 10.1. The molecule has 0 aliphatic carbocycles. The molecule has 4 aromatic rings. The van der Waals surface area contributed by atoms with Crippen LogP contribution >= 0.6 is 0 Å². The van der Waals surface area contributed by atoms with E-state index in [0.717, 1.165) is 30.8 Å². The summed E-state index contributed by atoms with van der Waals surface area (Å²) in [5.74, 6) is 0.0562. The average molecular weight is 635 g/mol. The first-order valence-electron chi connectivity index (χ1n) is 16.0. The molecule has 1 heterocycles. The Balaban J connectivity index is 1.23. The van der Waals surface area contributed by atoms with Crippen LogP contribution in [0.1, 0.15) is 35.1 Å². The van der Waals surface area contributed by atoms with Crippen LogP contribution in [-0.2, 0) is 40.6 Å². The van der Waals surface area contributed by atoms with Crippen LogP contribution in [0.5, 0.6) is 11.5 Å². The zero-order valence-electron chi connectivity index (χ0n) is 26.6. The van der Waals surface area contributed by atoms with Crippen molar-refractivity contribution in [2.24, 2.45) is 5.73 Å². The van der Waals surface area contributed by atoms with Crippen LogP contribution in [-0.4, -0.2) is 59.7 Å². The van der Waals surface area contributed by atoms with Crippen LogP contribution in [0, 0.1) is 0 Å². The summed E-state index contributed by atoms with van der Waals surface area (Å²) in [5, 5.41) is 2.89. The molecule has 4 aromatic carbocycles. The Morgan fingerprint density at radius 2 is 1.30 bits per heavy atom. The smallest absolute Gasteiger partial charge is 0.245 e. The molecule has 244 valence electrons. The molecule has 1 aliphatic rings. The normalized spacial score (nSPS) is 13.8. The highest BCUT2D eigenvalue weighted by atomic mass is 16.5.